The Bertz CT molecular complexity index is 442. The lowest BCUT2D eigenvalue weighted by Gasteiger charge is -2.29. The highest BCUT2D eigenvalue weighted by Crippen LogP contribution is 2.31. The van der Waals surface area contributed by atoms with Gasteiger partial charge in [-0.2, -0.15) is 8.78 Å². The Morgan fingerprint density at radius 1 is 1.22 bits per heavy atom. The van der Waals surface area contributed by atoms with Crippen molar-refractivity contribution >= 4 is 11.7 Å². The van der Waals surface area contributed by atoms with Crippen molar-refractivity contribution in [3.8, 4) is 0 Å². The van der Waals surface area contributed by atoms with Crippen molar-refractivity contribution < 1.29 is 18.7 Å². The van der Waals surface area contributed by atoms with Crippen LogP contribution in [0.5, 0.6) is 0 Å². The number of aliphatic carboxylic acids is 1. The lowest BCUT2D eigenvalue weighted by atomic mass is 10.1. The molecule has 0 radical (unpaired) electrons. The number of carbonyl (C=O) groups is 1. The third-order valence-electron chi connectivity index (χ3n) is 3.20. The highest BCUT2D eigenvalue weighted by atomic mass is 19.3. The van der Waals surface area contributed by atoms with Gasteiger partial charge in [0.25, 0.3) is 0 Å². The van der Waals surface area contributed by atoms with Crippen molar-refractivity contribution in [3.05, 3.63) is 29.8 Å². The number of anilines is 1. The van der Waals surface area contributed by atoms with Crippen LogP contribution in [0.15, 0.2) is 24.3 Å². The molecule has 0 unspecified atom stereocenters. The van der Waals surface area contributed by atoms with E-state index in [1.165, 1.54) is 12.1 Å². The monoisotopic (exact) mass is 255 g/mol. The van der Waals surface area contributed by atoms with Gasteiger partial charge in [-0.15, -0.1) is 0 Å². The number of piperidine rings is 1. The number of rotatable bonds is 3. The second kappa shape index (κ2) is 4.92. The molecule has 0 aromatic heterocycles. The average Bonchev–Trinajstić information content (AvgIpc) is 2.40. The summed E-state index contributed by atoms with van der Waals surface area (Å²) in [5, 5.41) is 8.53. The van der Waals surface area contributed by atoms with Crippen molar-refractivity contribution in [1.29, 1.82) is 0 Å². The third kappa shape index (κ3) is 2.44. The van der Waals surface area contributed by atoms with Gasteiger partial charge in [-0.05, 0) is 31.4 Å². The second-order valence-electron chi connectivity index (χ2n) is 4.48. The van der Waals surface area contributed by atoms with Gasteiger partial charge in [-0.3, -0.25) is 0 Å². The molecule has 1 aromatic carbocycles. The fraction of sp³-hybridized carbons (Fsp3) is 0.462. The number of halogens is 2. The molecule has 18 heavy (non-hydrogen) atoms. The summed E-state index contributed by atoms with van der Waals surface area (Å²) in [6, 6.07) is 5.66. The second-order valence-corrected chi connectivity index (χ2v) is 4.48. The van der Waals surface area contributed by atoms with Crippen LogP contribution in [0.3, 0.4) is 0 Å². The molecular formula is C13H15F2NO2. The summed E-state index contributed by atoms with van der Waals surface area (Å²) in [6.07, 6.45) is 3.24. The Morgan fingerprint density at radius 3 is 2.50 bits per heavy atom. The van der Waals surface area contributed by atoms with Crippen molar-refractivity contribution in [3.63, 3.8) is 0 Å². The van der Waals surface area contributed by atoms with Crippen LogP contribution in [0.2, 0.25) is 0 Å². The number of hydrogen-bond acceptors (Lipinski definition) is 2. The van der Waals surface area contributed by atoms with Crippen LogP contribution in [-0.4, -0.2) is 24.2 Å². The van der Waals surface area contributed by atoms with Gasteiger partial charge in [-0.1, -0.05) is 12.1 Å². The van der Waals surface area contributed by atoms with E-state index < -0.39 is 17.5 Å². The molecule has 1 heterocycles. The van der Waals surface area contributed by atoms with Crippen LogP contribution in [0.4, 0.5) is 14.5 Å². The Labute approximate surface area is 104 Å². The number of alkyl halides is 2. The lowest BCUT2D eigenvalue weighted by Crippen LogP contribution is -2.30. The predicted molar refractivity (Wildman–Crippen MR) is 64.0 cm³/mol. The van der Waals surface area contributed by atoms with Crippen LogP contribution >= 0.6 is 0 Å². The van der Waals surface area contributed by atoms with E-state index >= 15 is 0 Å². The topological polar surface area (TPSA) is 40.5 Å². The Morgan fingerprint density at radius 2 is 1.89 bits per heavy atom. The molecule has 0 atom stereocenters. The van der Waals surface area contributed by atoms with Crippen LogP contribution < -0.4 is 4.90 Å². The van der Waals surface area contributed by atoms with E-state index in [1.807, 2.05) is 4.90 Å². The summed E-state index contributed by atoms with van der Waals surface area (Å²) >= 11 is 0. The summed E-state index contributed by atoms with van der Waals surface area (Å²) in [5.74, 6) is -5.94. The highest BCUT2D eigenvalue weighted by Gasteiger charge is 2.41. The summed E-state index contributed by atoms with van der Waals surface area (Å²) in [4.78, 5) is 12.6. The molecule has 1 aliphatic heterocycles. The molecular weight excluding hydrogens is 240 g/mol. The Balaban J connectivity index is 2.27. The van der Waals surface area contributed by atoms with Crippen LogP contribution in [-0.2, 0) is 10.7 Å². The van der Waals surface area contributed by atoms with Crippen molar-refractivity contribution in [2.75, 3.05) is 18.0 Å². The molecule has 1 N–H and O–H groups in total. The van der Waals surface area contributed by atoms with Gasteiger partial charge in [0.15, 0.2) is 0 Å². The maximum atomic E-state index is 13.4. The molecule has 0 bridgehead atoms. The standard InChI is InChI=1S/C13H15F2NO2/c14-13(15,12(17)18)10-5-4-6-11(9-10)16-7-2-1-3-8-16/h4-6,9H,1-3,7-8H2,(H,17,18). The van der Waals surface area contributed by atoms with Gasteiger partial charge >= 0.3 is 11.9 Å². The quantitative estimate of drug-likeness (QED) is 0.902. The number of carboxylic acid groups (broad SMARTS) is 1. The molecule has 1 fully saturated rings. The number of hydrogen-bond donors (Lipinski definition) is 1. The molecule has 2 rings (SSSR count). The van der Waals surface area contributed by atoms with Crippen LogP contribution in [0, 0.1) is 0 Å². The highest BCUT2D eigenvalue weighted by molar-refractivity contribution is 5.77. The normalized spacial score (nSPS) is 16.7. The zero-order valence-corrected chi connectivity index (χ0v) is 9.90. The molecule has 98 valence electrons. The summed E-state index contributed by atoms with van der Waals surface area (Å²) in [7, 11) is 0. The zero-order valence-electron chi connectivity index (χ0n) is 9.90. The molecule has 0 amide bonds. The van der Waals surface area contributed by atoms with Gasteiger partial charge in [0.1, 0.15) is 0 Å². The van der Waals surface area contributed by atoms with E-state index in [0.717, 1.165) is 38.4 Å². The lowest BCUT2D eigenvalue weighted by molar-refractivity contribution is -0.166. The van der Waals surface area contributed by atoms with Crippen LogP contribution in [0.1, 0.15) is 24.8 Å². The molecule has 3 nitrogen and oxygen atoms in total. The minimum atomic E-state index is -3.83. The molecule has 0 saturated carbocycles. The summed E-state index contributed by atoms with van der Waals surface area (Å²) < 4.78 is 26.8. The predicted octanol–water partition coefficient (Wildman–Crippen LogP) is 2.85. The van der Waals surface area contributed by atoms with E-state index in [4.69, 9.17) is 5.11 Å². The van der Waals surface area contributed by atoms with Gasteiger partial charge in [0.2, 0.25) is 0 Å². The minimum Gasteiger partial charge on any atom is -0.477 e. The molecule has 5 heteroatoms. The van der Waals surface area contributed by atoms with E-state index in [2.05, 4.69) is 0 Å². The van der Waals surface area contributed by atoms with Crippen molar-refractivity contribution in [1.82, 2.24) is 0 Å². The fourth-order valence-electron chi connectivity index (χ4n) is 2.17. The summed E-state index contributed by atoms with van der Waals surface area (Å²) in [5.41, 5.74) is 0.214. The van der Waals surface area contributed by atoms with E-state index in [-0.39, 0.29) is 0 Å². The average molecular weight is 255 g/mol. The molecule has 1 saturated heterocycles. The van der Waals surface area contributed by atoms with E-state index in [0.29, 0.717) is 5.69 Å². The van der Waals surface area contributed by atoms with Gasteiger partial charge < -0.3 is 10.0 Å². The molecule has 1 aromatic rings. The van der Waals surface area contributed by atoms with Crippen LogP contribution in [0.25, 0.3) is 0 Å². The van der Waals surface area contributed by atoms with E-state index in [1.54, 1.807) is 6.07 Å². The summed E-state index contributed by atoms with van der Waals surface area (Å²) in [6.45, 7) is 1.67. The zero-order chi connectivity index (χ0) is 13.2. The number of carboxylic acids is 1. The Kier molecular flexibility index (Phi) is 3.50. The van der Waals surface area contributed by atoms with E-state index in [9.17, 15) is 13.6 Å². The first-order chi connectivity index (χ1) is 8.51. The first kappa shape index (κ1) is 12.8. The SMILES string of the molecule is O=C(O)C(F)(F)c1cccc(N2CCCCC2)c1. The smallest absolute Gasteiger partial charge is 0.379 e. The van der Waals surface area contributed by atoms with Gasteiger partial charge in [0, 0.05) is 24.3 Å². The minimum absolute atomic E-state index is 0.460. The maximum absolute atomic E-state index is 13.4. The van der Waals surface area contributed by atoms with Crippen molar-refractivity contribution in [2.45, 2.75) is 25.2 Å². The molecule has 0 spiro atoms. The molecule has 1 aliphatic rings. The number of nitrogens with zero attached hydrogens (tertiary/aromatic N) is 1. The van der Waals surface area contributed by atoms with Gasteiger partial charge in [0.05, 0.1) is 0 Å². The Hall–Kier alpha value is -1.65. The molecule has 0 aliphatic carbocycles. The number of benzene rings is 1. The fourth-order valence-corrected chi connectivity index (χ4v) is 2.17. The third-order valence-corrected chi connectivity index (χ3v) is 3.20. The van der Waals surface area contributed by atoms with Crippen molar-refractivity contribution in [2.24, 2.45) is 0 Å². The first-order valence-electron chi connectivity index (χ1n) is 5.98. The first-order valence-corrected chi connectivity index (χ1v) is 5.98. The maximum Gasteiger partial charge on any atom is 0.379 e. The van der Waals surface area contributed by atoms with Gasteiger partial charge in [-0.25, -0.2) is 4.79 Å². The largest absolute Gasteiger partial charge is 0.477 e.